The molecule has 0 bridgehead atoms. The van der Waals surface area contributed by atoms with Crippen molar-refractivity contribution in [3.05, 3.63) is 71.3 Å². The van der Waals surface area contributed by atoms with E-state index in [-0.39, 0.29) is 11.7 Å². The summed E-state index contributed by atoms with van der Waals surface area (Å²) in [6, 6.07) is 15.6. The van der Waals surface area contributed by atoms with Gasteiger partial charge in [0, 0.05) is 56.6 Å². The summed E-state index contributed by atoms with van der Waals surface area (Å²) in [7, 11) is 1.79. The van der Waals surface area contributed by atoms with Crippen molar-refractivity contribution < 1.29 is 14.3 Å². The van der Waals surface area contributed by atoms with Gasteiger partial charge in [-0.25, -0.2) is 4.98 Å². The lowest BCUT2D eigenvalue weighted by atomic mass is 9.73. The van der Waals surface area contributed by atoms with Crippen molar-refractivity contribution in [3.63, 3.8) is 0 Å². The molecule has 4 heterocycles. The Labute approximate surface area is 216 Å². The fraction of sp³-hybridized carbons (Fsp3) is 0.429. The van der Waals surface area contributed by atoms with Crippen LogP contribution in [0.2, 0.25) is 0 Å². The third-order valence-corrected chi connectivity index (χ3v) is 7.99. The van der Waals surface area contributed by atoms with E-state index in [0.29, 0.717) is 30.5 Å². The minimum Gasteiger partial charge on any atom is -0.381 e. The topological polar surface area (TPSA) is 103 Å². The van der Waals surface area contributed by atoms with Gasteiger partial charge < -0.3 is 19.9 Å². The number of aromatic nitrogens is 3. The summed E-state index contributed by atoms with van der Waals surface area (Å²) >= 11 is 0. The molecule has 3 aliphatic rings. The number of aromatic amines is 1. The number of carbonyl (C=O) groups is 2. The number of amides is 2. The van der Waals surface area contributed by atoms with Gasteiger partial charge >= 0.3 is 0 Å². The van der Waals surface area contributed by atoms with Gasteiger partial charge in [-0.15, -0.1) is 5.10 Å². The molecule has 2 fully saturated rings. The first kappa shape index (κ1) is 23.7. The Hall–Kier alpha value is -3.72. The van der Waals surface area contributed by atoms with Crippen molar-refractivity contribution in [2.45, 2.75) is 38.1 Å². The molecular formula is C28H32N6O3. The maximum Gasteiger partial charge on any atom is 0.291 e. The highest BCUT2D eigenvalue weighted by Crippen LogP contribution is 2.43. The Kier molecular flexibility index (Phi) is 6.16. The van der Waals surface area contributed by atoms with E-state index in [1.54, 1.807) is 11.9 Å². The van der Waals surface area contributed by atoms with Gasteiger partial charge in [0.25, 0.3) is 5.91 Å². The predicted molar refractivity (Wildman–Crippen MR) is 140 cm³/mol. The minimum atomic E-state index is -0.640. The maximum atomic E-state index is 13.4. The van der Waals surface area contributed by atoms with Crippen LogP contribution in [0.5, 0.6) is 0 Å². The Bertz CT molecular complexity index is 1290. The summed E-state index contributed by atoms with van der Waals surface area (Å²) in [6.07, 6.45) is 4.01. The highest BCUT2D eigenvalue weighted by atomic mass is 16.5. The average molecular weight is 501 g/mol. The third kappa shape index (κ3) is 4.71. The van der Waals surface area contributed by atoms with E-state index in [0.717, 1.165) is 61.6 Å². The van der Waals surface area contributed by atoms with E-state index in [4.69, 9.17) is 4.74 Å². The monoisotopic (exact) mass is 500 g/mol. The van der Waals surface area contributed by atoms with Crippen LogP contribution in [-0.4, -0.2) is 66.4 Å². The molecule has 6 rings (SSSR count). The number of benzene rings is 2. The molecule has 192 valence electrons. The molecule has 9 nitrogen and oxygen atoms in total. The minimum absolute atomic E-state index is 0.0465. The largest absolute Gasteiger partial charge is 0.381 e. The molecule has 1 aromatic heterocycles. The quantitative estimate of drug-likeness (QED) is 0.559. The fourth-order valence-corrected chi connectivity index (χ4v) is 5.74. The summed E-state index contributed by atoms with van der Waals surface area (Å²) in [5, 5.41) is 9.79. The zero-order chi connectivity index (χ0) is 25.4. The lowest BCUT2D eigenvalue weighted by Crippen LogP contribution is -2.58. The van der Waals surface area contributed by atoms with E-state index < -0.39 is 11.9 Å². The number of H-pyrrole nitrogens is 1. The normalized spacial score (nSPS) is 20.8. The molecule has 0 saturated carbocycles. The van der Waals surface area contributed by atoms with Crippen LogP contribution < -0.4 is 15.1 Å². The SMILES string of the molecule is CN1C(=O)[C@@H](NC(=O)c2n[nH]c(Cc3ccccc3)n2)CCc2ccc(N3CC4(CCOCC4)C3)cc21. The third-order valence-electron chi connectivity index (χ3n) is 7.99. The Balaban J connectivity index is 1.11. The first-order valence-corrected chi connectivity index (χ1v) is 13.0. The number of rotatable bonds is 5. The zero-order valence-corrected chi connectivity index (χ0v) is 21.1. The van der Waals surface area contributed by atoms with Crippen molar-refractivity contribution in [3.8, 4) is 0 Å². The molecule has 0 radical (unpaired) electrons. The zero-order valence-electron chi connectivity index (χ0n) is 21.1. The molecule has 3 aromatic rings. The van der Waals surface area contributed by atoms with Crippen molar-refractivity contribution in [1.29, 1.82) is 0 Å². The second-order valence-corrected chi connectivity index (χ2v) is 10.5. The van der Waals surface area contributed by atoms with Crippen LogP contribution in [0.25, 0.3) is 0 Å². The van der Waals surface area contributed by atoms with Gasteiger partial charge in [-0.2, -0.15) is 0 Å². The molecule has 2 amide bonds. The van der Waals surface area contributed by atoms with Gasteiger partial charge in [0.15, 0.2) is 0 Å². The van der Waals surface area contributed by atoms with Crippen molar-refractivity contribution in [2.75, 3.05) is 43.2 Å². The standard InChI is InChI=1S/C28H32N6O3/c1-33-23-16-21(34-17-28(18-34)11-13-37-14-12-28)9-7-20(23)8-10-22(27(33)36)29-26(35)25-30-24(31-32-25)15-19-5-3-2-4-6-19/h2-7,9,16,22H,8,10-15,17-18H2,1H3,(H,29,35)(H,30,31,32)/t22-/m0/s1. The Morgan fingerprint density at radius 3 is 2.73 bits per heavy atom. The van der Waals surface area contributed by atoms with Crippen molar-refractivity contribution >= 4 is 23.2 Å². The molecule has 2 N–H and O–H groups in total. The molecule has 37 heavy (non-hydrogen) atoms. The summed E-state index contributed by atoms with van der Waals surface area (Å²) in [5.74, 6) is 0.0736. The predicted octanol–water partition coefficient (Wildman–Crippen LogP) is 2.72. The van der Waals surface area contributed by atoms with Gasteiger partial charge in [-0.1, -0.05) is 36.4 Å². The van der Waals surface area contributed by atoms with Gasteiger partial charge in [-0.3, -0.25) is 14.7 Å². The number of likely N-dealkylation sites (N-methyl/N-ethyl adjacent to an activating group) is 1. The maximum absolute atomic E-state index is 13.4. The molecule has 9 heteroatoms. The number of carbonyl (C=O) groups excluding carboxylic acids is 2. The first-order valence-electron chi connectivity index (χ1n) is 13.0. The van der Waals surface area contributed by atoms with Crippen LogP contribution in [0.3, 0.4) is 0 Å². The summed E-state index contributed by atoms with van der Waals surface area (Å²) in [6.45, 7) is 3.78. The van der Waals surface area contributed by atoms with Gasteiger partial charge in [-0.05, 0) is 48.9 Å². The summed E-state index contributed by atoms with van der Waals surface area (Å²) in [5.41, 5.74) is 4.62. The number of hydrogen-bond donors (Lipinski definition) is 2. The smallest absolute Gasteiger partial charge is 0.291 e. The molecule has 0 aliphatic carbocycles. The first-order chi connectivity index (χ1) is 18.0. The molecule has 2 aromatic carbocycles. The van der Waals surface area contributed by atoms with Gasteiger partial charge in [0.1, 0.15) is 11.9 Å². The summed E-state index contributed by atoms with van der Waals surface area (Å²) in [4.78, 5) is 34.7. The molecular weight excluding hydrogens is 468 g/mol. The number of aryl methyl sites for hydroxylation is 1. The van der Waals surface area contributed by atoms with Crippen LogP contribution in [0, 0.1) is 5.41 Å². The lowest BCUT2D eigenvalue weighted by molar-refractivity contribution is -0.120. The lowest BCUT2D eigenvalue weighted by Gasteiger charge is -2.53. The molecule has 1 spiro atoms. The van der Waals surface area contributed by atoms with E-state index in [1.807, 2.05) is 30.3 Å². The highest BCUT2D eigenvalue weighted by molar-refractivity contribution is 6.02. The van der Waals surface area contributed by atoms with Crippen LogP contribution in [0.4, 0.5) is 11.4 Å². The Morgan fingerprint density at radius 2 is 1.95 bits per heavy atom. The van der Waals surface area contributed by atoms with E-state index >= 15 is 0 Å². The van der Waals surface area contributed by atoms with E-state index in [1.165, 1.54) is 0 Å². The molecule has 0 unspecified atom stereocenters. The van der Waals surface area contributed by atoms with Crippen LogP contribution in [-0.2, 0) is 22.4 Å². The molecule has 1 atom stereocenters. The number of nitrogens with one attached hydrogen (secondary N) is 2. The van der Waals surface area contributed by atoms with Gasteiger partial charge in [0.2, 0.25) is 11.7 Å². The van der Waals surface area contributed by atoms with Crippen molar-refractivity contribution in [2.24, 2.45) is 5.41 Å². The second kappa shape index (κ2) is 9.63. The number of nitrogens with zero attached hydrogens (tertiary/aromatic N) is 4. The number of ether oxygens (including phenoxy) is 1. The van der Waals surface area contributed by atoms with E-state index in [9.17, 15) is 9.59 Å². The van der Waals surface area contributed by atoms with Crippen LogP contribution >= 0.6 is 0 Å². The number of anilines is 2. The molecule has 3 aliphatic heterocycles. The second-order valence-electron chi connectivity index (χ2n) is 10.5. The van der Waals surface area contributed by atoms with Crippen molar-refractivity contribution in [1.82, 2.24) is 20.5 Å². The van der Waals surface area contributed by atoms with Gasteiger partial charge in [0.05, 0.1) is 0 Å². The number of hydrogen-bond acceptors (Lipinski definition) is 6. The fourth-order valence-electron chi connectivity index (χ4n) is 5.74. The summed E-state index contributed by atoms with van der Waals surface area (Å²) < 4.78 is 5.54. The highest BCUT2D eigenvalue weighted by Gasteiger charge is 2.44. The Morgan fingerprint density at radius 1 is 1.16 bits per heavy atom. The molecule has 2 saturated heterocycles. The van der Waals surface area contributed by atoms with Crippen LogP contribution in [0.1, 0.15) is 46.8 Å². The average Bonchev–Trinajstić information content (AvgIpc) is 3.34. The van der Waals surface area contributed by atoms with E-state index in [2.05, 4.69) is 43.6 Å². The number of fused-ring (bicyclic) bond motifs is 1. The van der Waals surface area contributed by atoms with Crippen LogP contribution in [0.15, 0.2) is 48.5 Å².